The van der Waals surface area contributed by atoms with Gasteiger partial charge in [-0.2, -0.15) is 4.31 Å². The number of hydrogen-bond donors (Lipinski definition) is 1. The van der Waals surface area contributed by atoms with Gasteiger partial charge in [0.2, 0.25) is 10.0 Å². The van der Waals surface area contributed by atoms with Gasteiger partial charge in [0.1, 0.15) is 0 Å². The Labute approximate surface area is 187 Å². The van der Waals surface area contributed by atoms with Gasteiger partial charge in [-0.3, -0.25) is 9.59 Å². The summed E-state index contributed by atoms with van der Waals surface area (Å²) >= 11 is 0. The second kappa shape index (κ2) is 8.37. The maximum atomic E-state index is 12.9. The van der Waals surface area contributed by atoms with Crippen LogP contribution < -0.4 is 10.2 Å². The van der Waals surface area contributed by atoms with Crippen LogP contribution in [0.3, 0.4) is 0 Å². The van der Waals surface area contributed by atoms with Crippen LogP contribution in [0.15, 0.2) is 59.5 Å². The first-order chi connectivity index (χ1) is 15.3. The molecular weight excluding hydrogens is 426 g/mol. The van der Waals surface area contributed by atoms with E-state index in [0.29, 0.717) is 36.4 Å². The van der Waals surface area contributed by atoms with E-state index in [1.807, 2.05) is 19.1 Å². The second-order valence-corrected chi connectivity index (χ2v) is 9.42. The van der Waals surface area contributed by atoms with E-state index in [1.165, 1.54) is 28.6 Å². The maximum absolute atomic E-state index is 12.9. The van der Waals surface area contributed by atoms with Crippen molar-refractivity contribution in [1.82, 2.24) is 4.31 Å². The van der Waals surface area contributed by atoms with Crippen molar-refractivity contribution in [2.45, 2.75) is 25.7 Å². The van der Waals surface area contributed by atoms with Crippen molar-refractivity contribution in [2.24, 2.45) is 0 Å². The molecule has 0 unspecified atom stereocenters. The van der Waals surface area contributed by atoms with Crippen molar-refractivity contribution < 1.29 is 18.0 Å². The van der Waals surface area contributed by atoms with E-state index in [-0.39, 0.29) is 16.7 Å². The lowest BCUT2D eigenvalue weighted by molar-refractivity contribution is 0.0992. The average molecular weight is 452 g/mol. The van der Waals surface area contributed by atoms with Gasteiger partial charge in [0, 0.05) is 47.2 Å². The molecule has 7 nitrogen and oxygen atoms in total. The fourth-order valence-corrected chi connectivity index (χ4v) is 5.61. The molecule has 1 heterocycles. The van der Waals surface area contributed by atoms with Crippen LogP contribution in [0.25, 0.3) is 10.8 Å². The summed E-state index contributed by atoms with van der Waals surface area (Å²) in [6.45, 7) is 6.82. The lowest BCUT2D eigenvalue weighted by Crippen LogP contribution is -2.30. The van der Waals surface area contributed by atoms with Crippen LogP contribution in [-0.2, 0) is 10.0 Å². The zero-order chi connectivity index (χ0) is 23.0. The molecule has 1 aliphatic heterocycles. The lowest BCUT2D eigenvalue weighted by atomic mass is 10.0. The molecule has 0 fully saturated rings. The Balaban J connectivity index is 1.63. The zero-order valence-corrected chi connectivity index (χ0v) is 19.1. The van der Waals surface area contributed by atoms with E-state index in [9.17, 15) is 18.0 Å². The standard InChI is InChI=1S/C24H25N3O4S/c1-4-26(5-2)32(30,31)17-12-10-16(11-13-17)23(28)25-20-14-15-21-22-18(20)8-7-9-19(22)24(29)27(21)6-3/h7-15H,4-6H2,1-3H3,(H,25,28). The summed E-state index contributed by atoms with van der Waals surface area (Å²) in [7, 11) is -3.58. The summed E-state index contributed by atoms with van der Waals surface area (Å²) in [5.74, 6) is -0.393. The predicted molar refractivity (Wildman–Crippen MR) is 126 cm³/mol. The van der Waals surface area contributed by atoms with Crippen molar-refractivity contribution in [2.75, 3.05) is 29.9 Å². The summed E-state index contributed by atoms with van der Waals surface area (Å²) in [5.41, 5.74) is 2.41. The van der Waals surface area contributed by atoms with Crippen LogP contribution in [0.5, 0.6) is 0 Å². The van der Waals surface area contributed by atoms with Crippen LogP contribution in [-0.4, -0.2) is 44.2 Å². The molecule has 0 bridgehead atoms. The summed E-state index contributed by atoms with van der Waals surface area (Å²) in [6.07, 6.45) is 0. The van der Waals surface area contributed by atoms with Crippen molar-refractivity contribution in [3.8, 4) is 0 Å². The number of rotatable bonds is 7. The van der Waals surface area contributed by atoms with Crippen molar-refractivity contribution in [1.29, 1.82) is 0 Å². The van der Waals surface area contributed by atoms with E-state index in [0.717, 1.165) is 16.5 Å². The quantitative estimate of drug-likeness (QED) is 0.586. The fourth-order valence-electron chi connectivity index (χ4n) is 4.15. The van der Waals surface area contributed by atoms with Crippen LogP contribution >= 0.6 is 0 Å². The van der Waals surface area contributed by atoms with Gasteiger partial charge in [0.05, 0.1) is 10.6 Å². The number of hydrogen-bond acceptors (Lipinski definition) is 4. The maximum Gasteiger partial charge on any atom is 0.258 e. The Kier molecular flexibility index (Phi) is 5.75. The molecule has 0 radical (unpaired) electrons. The summed E-state index contributed by atoms with van der Waals surface area (Å²) in [6, 6.07) is 15.0. The Bertz CT molecular complexity index is 1310. The lowest BCUT2D eigenvalue weighted by Gasteiger charge is -2.18. The molecule has 0 aliphatic carbocycles. The number of carbonyl (C=O) groups excluding carboxylic acids is 2. The topological polar surface area (TPSA) is 86.8 Å². The second-order valence-electron chi connectivity index (χ2n) is 7.48. The summed E-state index contributed by atoms with van der Waals surface area (Å²) < 4.78 is 26.7. The van der Waals surface area contributed by atoms with Crippen LogP contribution in [0.4, 0.5) is 11.4 Å². The SMILES string of the molecule is CCN1C(=O)c2cccc3c(NC(=O)c4ccc(S(=O)(=O)N(CC)CC)cc4)ccc1c23. The normalized spacial score (nSPS) is 13.2. The molecule has 166 valence electrons. The minimum Gasteiger partial charge on any atom is -0.321 e. The average Bonchev–Trinajstić information content (AvgIpc) is 3.08. The monoisotopic (exact) mass is 451 g/mol. The van der Waals surface area contributed by atoms with Gasteiger partial charge in [-0.15, -0.1) is 0 Å². The number of anilines is 2. The molecule has 4 rings (SSSR count). The Morgan fingerprint density at radius 2 is 1.66 bits per heavy atom. The largest absolute Gasteiger partial charge is 0.321 e. The van der Waals surface area contributed by atoms with E-state index >= 15 is 0 Å². The first kappa shape index (κ1) is 22.0. The molecule has 1 aliphatic rings. The van der Waals surface area contributed by atoms with Crippen molar-refractivity contribution in [3.05, 3.63) is 65.7 Å². The molecule has 8 heteroatoms. The van der Waals surface area contributed by atoms with Crippen LogP contribution in [0.2, 0.25) is 0 Å². The smallest absolute Gasteiger partial charge is 0.258 e. The molecule has 2 amide bonds. The van der Waals surface area contributed by atoms with Gasteiger partial charge in [-0.1, -0.05) is 26.0 Å². The Hall–Kier alpha value is -3.23. The highest BCUT2D eigenvalue weighted by Gasteiger charge is 2.29. The third-order valence-electron chi connectivity index (χ3n) is 5.81. The van der Waals surface area contributed by atoms with Crippen LogP contribution in [0.1, 0.15) is 41.5 Å². The van der Waals surface area contributed by atoms with E-state index < -0.39 is 10.0 Å². The minimum atomic E-state index is -3.58. The highest BCUT2D eigenvalue weighted by molar-refractivity contribution is 7.89. The van der Waals surface area contributed by atoms with E-state index in [4.69, 9.17) is 0 Å². The molecule has 1 N–H and O–H groups in total. The zero-order valence-electron chi connectivity index (χ0n) is 18.3. The van der Waals surface area contributed by atoms with Gasteiger partial charge in [0.25, 0.3) is 11.8 Å². The molecule has 3 aromatic carbocycles. The van der Waals surface area contributed by atoms with Gasteiger partial charge in [0.15, 0.2) is 0 Å². The number of amides is 2. The third-order valence-corrected chi connectivity index (χ3v) is 7.87. The van der Waals surface area contributed by atoms with Crippen molar-refractivity contribution >= 4 is 44.0 Å². The number of benzene rings is 3. The summed E-state index contributed by atoms with van der Waals surface area (Å²) in [4.78, 5) is 27.4. The van der Waals surface area contributed by atoms with E-state index in [2.05, 4.69) is 5.32 Å². The van der Waals surface area contributed by atoms with Gasteiger partial charge in [-0.25, -0.2) is 8.42 Å². The molecule has 0 saturated carbocycles. The minimum absolute atomic E-state index is 0.0402. The number of carbonyl (C=O) groups is 2. The van der Waals surface area contributed by atoms with Crippen LogP contribution in [0, 0.1) is 0 Å². The Morgan fingerprint density at radius 3 is 2.28 bits per heavy atom. The van der Waals surface area contributed by atoms with E-state index in [1.54, 1.807) is 36.9 Å². The van der Waals surface area contributed by atoms with Gasteiger partial charge < -0.3 is 10.2 Å². The number of sulfonamides is 1. The molecule has 32 heavy (non-hydrogen) atoms. The fraction of sp³-hybridized carbons (Fsp3) is 0.250. The number of nitrogens with one attached hydrogen (secondary N) is 1. The highest BCUT2D eigenvalue weighted by Crippen LogP contribution is 2.40. The number of nitrogens with zero attached hydrogens (tertiary/aromatic N) is 2. The molecule has 0 spiro atoms. The van der Waals surface area contributed by atoms with Gasteiger partial charge >= 0.3 is 0 Å². The first-order valence-corrected chi connectivity index (χ1v) is 12.1. The molecule has 0 aromatic heterocycles. The molecule has 0 saturated heterocycles. The highest BCUT2D eigenvalue weighted by atomic mass is 32.2. The summed E-state index contributed by atoms with van der Waals surface area (Å²) in [5, 5.41) is 4.53. The first-order valence-electron chi connectivity index (χ1n) is 10.6. The Morgan fingerprint density at radius 1 is 0.969 bits per heavy atom. The predicted octanol–water partition coefficient (Wildman–Crippen LogP) is 4.10. The van der Waals surface area contributed by atoms with Gasteiger partial charge in [-0.05, 0) is 49.4 Å². The molecular formula is C24H25N3O4S. The molecule has 0 atom stereocenters. The molecule has 3 aromatic rings. The van der Waals surface area contributed by atoms with Crippen molar-refractivity contribution in [3.63, 3.8) is 0 Å². The third kappa shape index (κ3) is 3.45.